The van der Waals surface area contributed by atoms with E-state index in [1.54, 1.807) is 0 Å². The third kappa shape index (κ3) is 3.95. The van der Waals surface area contributed by atoms with Crippen LogP contribution in [-0.2, 0) is 4.79 Å². The minimum atomic E-state index is 0.318. The number of piperidine rings is 1. The van der Waals surface area contributed by atoms with Gasteiger partial charge in [0, 0.05) is 25.0 Å². The molecule has 0 radical (unpaired) electrons. The number of rotatable bonds is 2. The molecule has 2 atom stereocenters. The van der Waals surface area contributed by atoms with Crippen LogP contribution in [0.3, 0.4) is 0 Å². The van der Waals surface area contributed by atoms with E-state index in [9.17, 15) is 4.79 Å². The Labute approximate surface area is 118 Å². The van der Waals surface area contributed by atoms with Crippen molar-refractivity contribution in [3.63, 3.8) is 0 Å². The van der Waals surface area contributed by atoms with Crippen molar-refractivity contribution >= 4 is 5.91 Å². The van der Waals surface area contributed by atoms with Crippen molar-refractivity contribution in [2.24, 2.45) is 11.8 Å². The second kappa shape index (κ2) is 7.28. The van der Waals surface area contributed by atoms with Crippen LogP contribution in [0, 0.1) is 11.8 Å². The largest absolute Gasteiger partial charge is 0.342 e. The Morgan fingerprint density at radius 3 is 2.26 bits per heavy atom. The maximum atomic E-state index is 12.7. The van der Waals surface area contributed by atoms with Crippen molar-refractivity contribution in [3.8, 4) is 0 Å². The van der Waals surface area contributed by atoms with Crippen LogP contribution >= 0.6 is 0 Å². The number of nitrogens with one attached hydrogen (secondary N) is 1. The van der Waals surface area contributed by atoms with Gasteiger partial charge < -0.3 is 10.2 Å². The highest BCUT2D eigenvalue weighted by atomic mass is 16.2. The van der Waals surface area contributed by atoms with E-state index in [1.165, 1.54) is 32.1 Å². The van der Waals surface area contributed by atoms with Crippen molar-refractivity contribution in [1.82, 2.24) is 10.2 Å². The lowest BCUT2D eigenvalue weighted by atomic mass is 9.88. The molecule has 3 heteroatoms. The van der Waals surface area contributed by atoms with Crippen LogP contribution in [-0.4, -0.2) is 37.0 Å². The van der Waals surface area contributed by atoms with Gasteiger partial charge >= 0.3 is 0 Å². The fourth-order valence-corrected chi connectivity index (χ4v) is 3.74. The van der Waals surface area contributed by atoms with Gasteiger partial charge in [0.15, 0.2) is 0 Å². The maximum absolute atomic E-state index is 12.7. The summed E-state index contributed by atoms with van der Waals surface area (Å²) in [5.41, 5.74) is 0. The molecule has 19 heavy (non-hydrogen) atoms. The molecule has 3 nitrogen and oxygen atoms in total. The van der Waals surface area contributed by atoms with E-state index in [0.717, 1.165) is 32.4 Å². The normalized spacial score (nSPS) is 30.7. The monoisotopic (exact) mass is 266 g/mol. The summed E-state index contributed by atoms with van der Waals surface area (Å²) in [4.78, 5) is 14.8. The van der Waals surface area contributed by atoms with Gasteiger partial charge in [0.25, 0.3) is 0 Å². The van der Waals surface area contributed by atoms with Crippen molar-refractivity contribution in [2.75, 3.05) is 20.1 Å². The average Bonchev–Trinajstić information content (AvgIpc) is 2.37. The topological polar surface area (TPSA) is 32.3 Å². The van der Waals surface area contributed by atoms with Crippen molar-refractivity contribution < 1.29 is 4.79 Å². The molecule has 0 spiro atoms. The van der Waals surface area contributed by atoms with Crippen LogP contribution in [0.25, 0.3) is 0 Å². The maximum Gasteiger partial charge on any atom is 0.225 e. The Bertz CT molecular complexity index is 284. The molecule has 2 rings (SSSR count). The Balaban J connectivity index is 1.88. The van der Waals surface area contributed by atoms with E-state index in [1.807, 2.05) is 7.05 Å². The minimum Gasteiger partial charge on any atom is -0.342 e. The van der Waals surface area contributed by atoms with Gasteiger partial charge in [-0.3, -0.25) is 4.79 Å². The zero-order valence-electron chi connectivity index (χ0n) is 12.7. The lowest BCUT2D eigenvalue weighted by molar-refractivity contribution is -0.138. The lowest BCUT2D eigenvalue weighted by Gasteiger charge is -2.38. The zero-order chi connectivity index (χ0) is 13.7. The van der Waals surface area contributed by atoms with E-state index in [-0.39, 0.29) is 0 Å². The van der Waals surface area contributed by atoms with Crippen LogP contribution in [0.1, 0.15) is 58.3 Å². The van der Waals surface area contributed by atoms with Gasteiger partial charge in [-0.05, 0) is 32.2 Å². The van der Waals surface area contributed by atoms with E-state index in [4.69, 9.17) is 0 Å². The molecular formula is C16H30N2O. The Kier molecular flexibility index (Phi) is 5.68. The quantitative estimate of drug-likeness (QED) is 0.833. The number of hydrogen-bond donors (Lipinski definition) is 1. The Morgan fingerprint density at radius 1 is 1.05 bits per heavy atom. The highest BCUT2D eigenvalue weighted by Gasteiger charge is 2.31. The second-order valence-electron chi connectivity index (χ2n) is 6.49. The summed E-state index contributed by atoms with van der Waals surface area (Å²) >= 11 is 0. The molecule has 1 saturated carbocycles. The summed E-state index contributed by atoms with van der Waals surface area (Å²) in [6.45, 7) is 4.16. The first-order valence-corrected chi connectivity index (χ1v) is 8.18. The molecule has 0 aromatic heterocycles. The number of hydrogen-bond acceptors (Lipinski definition) is 2. The van der Waals surface area contributed by atoms with Crippen LogP contribution in [0.5, 0.6) is 0 Å². The van der Waals surface area contributed by atoms with E-state index < -0.39 is 0 Å². The van der Waals surface area contributed by atoms with E-state index in [2.05, 4.69) is 17.1 Å². The first-order valence-electron chi connectivity index (χ1n) is 8.18. The first kappa shape index (κ1) is 14.8. The Morgan fingerprint density at radius 2 is 1.68 bits per heavy atom. The predicted molar refractivity (Wildman–Crippen MR) is 79.0 cm³/mol. The molecule has 2 fully saturated rings. The average molecular weight is 266 g/mol. The second-order valence-corrected chi connectivity index (χ2v) is 6.49. The smallest absolute Gasteiger partial charge is 0.225 e. The molecule has 1 amide bonds. The van der Waals surface area contributed by atoms with Crippen LogP contribution in [0.4, 0.5) is 0 Å². The summed E-state index contributed by atoms with van der Waals surface area (Å²) < 4.78 is 0. The molecule has 2 aliphatic rings. The van der Waals surface area contributed by atoms with Crippen LogP contribution in [0.15, 0.2) is 0 Å². The standard InChI is InChI=1S/C16H30N2O/c1-13-12-18(11-10-15(13)17-2)16(19)14-8-6-4-3-5-7-9-14/h13-15,17H,3-12H2,1-2H3. The van der Waals surface area contributed by atoms with Gasteiger partial charge in [-0.1, -0.05) is 39.0 Å². The summed E-state index contributed by atoms with van der Waals surface area (Å²) in [7, 11) is 2.04. The molecular weight excluding hydrogens is 236 g/mol. The molecule has 110 valence electrons. The van der Waals surface area contributed by atoms with Crippen LogP contribution < -0.4 is 5.32 Å². The number of nitrogens with zero attached hydrogens (tertiary/aromatic N) is 1. The van der Waals surface area contributed by atoms with Gasteiger partial charge in [0.1, 0.15) is 0 Å². The third-order valence-corrected chi connectivity index (χ3v) is 5.04. The van der Waals surface area contributed by atoms with Gasteiger partial charge in [-0.15, -0.1) is 0 Å². The molecule has 1 heterocycles. The number of carbonyl (C=O) groups excluding carboxylic acids is 1. The number of likely N-dealkylation sites (tertiary alicyclic amines) is 1. The first-order chi connectivity index (χ1) is 9.22. The molecule has 0 aromatic rings. The molecule has 2 unspecified atom stereocenters. The van der Waals surface area contributed by atoms with E-state index >= 15 is 0 Å². The van der Waals surface area contributed by atoms with Crippen molar-refractivity contribution in [3.05, 3.63) is 0 Å². The summed E-state index contributed by atoms with van der Waals surface area (Å²) in [5.74, 6) is 1.35. The molecule has 1 N–H and O–H groups in total. The predicted octanol–water partition coefficient (Wildman–Crippen LogP) is 2.80. The van der Waals surface area contributed by atoms with Gasteiger partial charge in [-0.2, -0.15) is 0 Å². The SMILES string of the molecule is CNC1CCN(C(=O)C2CCCCCCC2)CC1C. The lowest BCUT2D eigenvalue weighted by Crippen LogP contribution is -2.50. The highest BCUT2D eigenvalue weighted by molar-refractivity contribution is 5.79. The molecule has 0 bridgehead atoms. The van der Waals surface area contributed by atoms with Crippen molar-refractivity contribution in [2.45, 2.75) is 64.3 Å². The zero-order valence-corrected chi connectivity index (χ0v) is 12.7. The third-order valence-electron chi connectivity index (χ3n) is 5.04. The molecule has 1 aliphatic heterocycles. The Hall–Kier alpha value is -0.570. The molecule has 1 saturated heterocycles. The summed E-state index contributed by atoms with van der Waals surface area (Å²) in [6.07, 6.45) is 9.86. The molecule has 1 aliphatic carbocycles. The van der Waals surface area contributed by atoms with Crippen LogP contribution in [0.2, 0.25) is 0 Å². The van der Waals surface area contributed by atoms with E-state index in [0.29, 0.717) is 23.8 Å². The van der Waals surface area contributed by atoms with Crippen molar-refractivity contribution in [1.29, 1.82) is 0 Å². The number of amides is 1. The fourth-order valence-electron chi connectivity index (χ4n) is 3.74. The summed E-state index contributed by atoms with van der Waals surface area (Å²) in [5, 5.41) is 3.37. The highest BCUT2D eigenvalue weighted by Crippen LogP contribution is 2.26. The van der Waals surface area contributed by atoms with Gasteiger partial charge in [0.2, 0.25) is 5.91 Å². The fraction of sp³-hybridized carbons (Fsp3) is 0.938. The number of carbonyl (C=O) groups is 1. The molecule has 0 aromatic carbocycles. The minimum absolute atomic E-state index is 0.318. The summed E-state index contributed by atoms with van der Waals surface area (Å²) in [6, 6.07) is 0.585. The van der Waals surface area contributed by atoms with Gasteiger partial charge in [-0.25, -0.2) is 0 Å². The van der Waals surface area contributed by atoms with Gasteiger partial charge in [0.05, 0.1) is 0 Å².